The summed E-state index contributed by atoms with van der Waals surface area (Å²) in [6.45, 7) is 0. The van der Waals surface area contributed by atoms with E-state index in [0.29, 0.717) is 12.0 Å². The van der Waals surface area contributed by atoms with Gasteiger partial charge in [-0.05, 0) is 55.4 Å². The molecule has 0 radical (unpaired) electrons. The molecule has 6 heteroatoms. The number of hydrogen-bond donors (Lipinski definition) is 2. The van der Waals surface area contributed by atoms with Gasteiger partial charge < -0.3 is 10.6 Å². The van der Waals surface area contributed by atoms with Gasteiger partial charge in [0.15, 0.2) is 0 Å². The molecule has 4 atom stereocenters. The Kier molecular flexibility index (Phi) is 6.02. The molecule has 1 saturated heterocycles. The highest BCUT2D eigenvalue weighted by Gasteiger charge is 2.39. The molecule has 2 fully saturated rings. The van der Waals surface area contributed by atoms with Gasteiger partial charge >= 0.3 is 0 Å². The van der Waals surface area contributed by atoms with Crippen LogP contribution < -0.4 is 10.6 Å². The molecule has 0 bridgehead atoms. The van der Waals surface area contributed by atoms with Crippen LogP contribution in [0.3, 0.4) is 0 Å². The van der Waals surface area contributed by atoms with Gasteiger partial charge in [-0.1, -0.05) is 24.4 Å². The number of hydrogen-bond acceptors (Lipinski definition) is 3. The molecule has 1 aromatic rings. The van der Waals surface area contributed by atoms with Gasteiger partial charge in [0.1, 0.15) is 0 Å². The summed E-state index contributed by atoms with van der Waals surface area (Å²) < 4.78 is 0. The van der Waals surface area contributed by atoms with Crippen LogP contribution in [0.1, 0.15) is 50.1 Å². The third kappa shape index (κ3) is 3.72. The van der Waals surface area contributed by atoms with Crippen LogP contribution in [0.2, 0.25) is 5.02 Å². The predicted molar refractivity (Wildman–Crippen MR) is 102 cm³/mol. The standard InChI is InChI=1S/C18H23ClN2OS.ClH/c19-12-5-6-17-13(10-12)15(7-8-23-17)21-18(22)16-9-11-3-1-2-4-14(11)20-16;/h5-6,10-11,14-16,20H,1-4,7-9H2,(H,21,22);1H. The van der Waals surface area contributed by atoms with Crippen molar-refractivity contribution in [2.24, 2.45) is 5.92 Å². The molecule has 1 aromatic carbocycles. The minimum absolute atomic E-state index is 0. The van der Waals surface area contributed by atoms with Gasteiger partial charge in [-0.25, -0.2) is 0 Å². The summed E-state index contributed by atoms with van der Waals surface area (Å²) in [5.74, 6) is 1.91. The monoisotopic (exact) mass is 386 g/mol. The van der Waals surface area contributed by atoms with Crippen molar-refractivity contribution in [2.75, 3.05) is 5.75 Å². The Bertz CT molecular complexity index is 599. The first-order valence-corrected chi connectivity index (χ1v) is 10.1. The van der Waals surface area contributed by atoms with E-state index in [9.17, 15) is 4.79 Å². The topological polar surface area (TPSA) is 41.1 Å². The molecule has 3 aliphatic rings. The maximum Gasteiger partial charge on any atom is 0.237 e. The van der Waals surface area contributed by atoms with Gasteiger partial charge in [-0.2, -0.15) is 0 Å². The molecule has 2 N–H and O–H groups in total. The number of halogens is 2. The zero-order valence-electron chi connectivity index (χ0n) is 13.6. The van der Waals surface area contributed by atoms with E-state index in [0.717, 1.165) is 23.6 Å². The molecule has 1 aliphatic carbocycles. The smallest absolute Gasteiger partial charge is 0.237 e. The lowest BCUT2D eigenvalue weighted by Gasteiger charge is -2.27. The number of carbonyl (C=O) groups is 1. The molecule has 0 spiro atoms. The van der Waals surface area contributed by atoms with Gasteiger partial charge in [0.2, 0.25) is 5.91 Å². The fourth-order valence-corrected chi connectivity index (χ4v) is 5.59. The van der Waals surface area contributed by atoms with E-state index in [2.05, 4.69) is 16.7 Å². The number of benzene rings is 1. The van der Waals surface area contributed by atoms with Crippen LogP contribution in [0.5, 0.6) is 0 Å². The fraction of sp³-hybridized carbons (Fsp3) is 0.611. The number of thioether (sulfide) groups is 1. The third-order valence-corrected chi connectivity index (χ3v) is 6.86. The maximum absolute atomic E-state index is 12.7. The van der Waals surface area contributed by atoms with Gasteiger partial charge in [-0.15, -0.1) is 24.2 Å². The van der Waals surface area contributed by atoms with Crippen LogP contribution in [0, 0.1) is 5.92 Å². The number of nitrogens with one attached hydrogen (secondary N) is 2. The number of carbonyl (C=O) groups excluding carboxylic acids is 1. The summed E-state index contributed by atoms with van der Waals surface area (Å²) in [4.78, 5) is 14.0. The second-order valence-electron chi connectivity index (χ2n) is 6.99. The molecule has 4 rings (SSSR count). The molecule has 1 amide bonds. The summed E-state index contributed by atoms with van der Waals surface area (Å²) in [7, 11) is 0. The normalized spacial score (nSPS) is 31.5. The molecule has 24 heavy (non-hydrogen) atoms. The number of rotatable bonds is 2. The van der Waals surface area contributed by atoms with Crippen molar-refractivity contribution < 1.29 is 4.79 Å². The molecule has 3 nitrogen and oxygen atoms in total. The number of fused-ring (bicyclic) bond motifs is 2. The molecule has 2 aliphatic heterocycles. The van der Waals surface area contributed by atoms with E-state index in [-0.39, 0.29) is 30.4 Å². The molecule has 2 heterocycles. The van der Waals surface area contributed by atoms with Crippen molar-refractivity contribution in [3.63, 3.8) is 0 Å². The second kappa shape index (κ2) is 7.86. The van der Waals surface area contributed by atoms with Crippen molar-refractivity contribution >= 4 is 41.7 Å². The van der Waals surface area contributed by atoms with Crippen LogP contribution in [0.25, 0.3) is 0 Å². The molecule has 132 valence electrons. The predicted octanol–water partition coefficient (Wildman–Crippen LogP) is 4.34. The van der Waals surface area contributed by atoms with Crippen molar-refractivity contribution in [3.8, 4) is 0 Å². The van der Waals surface area contributed by atoms with E-state index in [4.69, 9.17) is 11.6 Å². The first kappa shape index (κ1) is 18.4. The summed E-state index contributed by atoms with van der Waals surface area (Å²) in [6, 6.07) is 6.66. The highest BCUT2D eigenvalue weighted by Crippen LogP contribution is 2.38. The van der Waals surface area contributed by atoms with Crippen LogP contribution in [0.4, 0.5) is 0 Å². The van der Waals surface area contributed by atoms with Crippen molar-refractivity contribution in [2.45, 2.75) is 61.5 Å². The largest absolute Gasteiger partial charge is 0.348 e. The van der Waals surface area contributed by atoms with Crippen molar-refractivity contribution in [3.05, 3.63) is 28.8 Å². The zero-order valence-corrected chi connectivity index (χ0v) is 16.0. The Morgan fingerprint density at radius 1 is 1.25 bits per heavy atom. The minimum atomic E-state index is -0.0136. The average molecular weight is 387 g/mol. The van der Waals surface area contributed by atoms with Crippen LogP contribution in [-0.2, 0) is 4.79 Å². The van der Waals surface area contributed by atoms with Crippen molar-refractivity contribution in [1.29, 1.82) is 0 Å². The lowest BCUT2D eigenvalue weighted by molar-refractivity contribution is -0.123. The fourth-order valence-electron chi connectivity index (χ4n) is 4.31. The van der Waals surface area contributed by atoms with Crippen LogP contribution >= 0.6 is 35.8 Å². The second-order valence-corrected chi connectivity index (χ2v) is 8.56. The highest BCUT2D eigenvalue weighted by atomic mass is 35.5. The van der Waals surface area contributed by atoms with E-state index < -0.39 is 0 Å². The van der Waals surface area contributed by atoms with Crippen LogP contribution in [0.15, 0.2) is 23.1 Å². The highest BCUT2D eigenvalue weighted by molar-refractivity contribution is 7.99. The zero-order chi connectivity index (χ0) is 15.8. The van der Waals surface area contributed by atoms with Gasteiger partial charge in [0.05, 0.1) is 12.1 Å². The Morgan fingerprint density at radius 3 is 2.92 bits per heavy atom. The Hall–Kier alpha value is -0.420. The van der Waals surface area contributed by atoms with Gasteiger partial charge in [0, 0.05) is 21.7 Å². The lowest BCUT2D eigenvalue weighted by Crippen LogP contribution is -2.44. The Morgan fingerprint density at radius 2 is 2.08 bits per heavy atom. The summed E-state index contributed by atoms with van der Waals surface area (Å²) in [6.07, 6.45) is 7.10. The SMILES string of the molecule is Cl.O=C(NC1CCSc2ccc(Cl)cc21)C1CC2CCCCC2N1. The van der Waals surface area contributed by atoms with E-state index in [1.54, 1.807) is 0 Å². The summed E-state index contributed by atoms with van der Waals surface area (Å²) in [5, 5.41) is 7.60. The quantitative estimate of drug-likeness (QED) is 0.794. The molecule has 1 saturated carbocycles. The van der Waals surface area contributed by atoms with E-state index in [1.807, 2.05) is 23.9 Å². The molecular formula is C18H24Cl2N2OS. The first-order chi connectivity index (χ1) is 11.2. The van der Waals surface area contributed by atoms with Crippen LogP contribution in [-0.4, -0.2) is 23.7 Å². The third-order valence-electron chi connectivity index (χ3n) is 5.51. The average Bonchev–Trinajstić information content (AvgIpc) is 2.99. The minimum Gasteiger partial charge on any atom is -0.348 e. The van der Waals surface area contributed by atoms with Crippen molar-refractivity contribution in [1.82, 2.24) is 10.6 Å². The van der Waals surface area contributed by atoms with E-state index >= 15 is 0 Å². The first-order valence-electron chi connectivity index (χ1n) is 8.69. The van der Waals surface area contributed by atoms with Gasteiger partial charge in [0.25, 0.3) is 0 Å². The lowest BCUT2D eigenvalue weighted by atomic mass is 9.85. The molecular weight excluding hydrogens is 363 g/mol. The maximum atomic E-state index is 12.7. The van der Waals surface area contributed by atoms with Gasteiger partial charge in [-0.3, -0.25) is 4.79 Å². The summed E-state index contributed by atoms with van der Waals surface area (Å²) in [5.41, 5.74) is 1.18. The van der Waals surface area contributed by atoms with E-state index in [1.165, 1.54) is 36.1 Å². The Balaban J connectivity index is 0.00000169. The Labute approximate surface area is 159 Å². The summed E-state index contributed by atoms with van der Waals surface area (Å²) >= 11 is 8.01. The number of amides is 1. The molecule has 0 aromatic heterocycles. The molecule has 4 unspecified atom stereocenters.